The van der Waals surface area contributed by atoms with Gasteiger partial charge in [0.1, 0.15) is 15.9 Å². The molecular weight excluding hydrogens is 352 g/mol. The van der Waals surface area contributed by atoms with Crippen molar-refractivity contribution in [3.8, 4) is 0 Å². The van der Waals surface area contributed by atoms with E-state index in [-0.39, 0.29) is 5.75 Å². The number of fused-ring (bicyclic) bond motifs is 2. The van der Waals surface area contributed by atoms with Crippen molar-refractivity contribution in [3.05, 3.63) is 53.5 Å². The average molecular weight is 374 g/mol. The molecule has 1 unspecified atom stereocenters. The molecule has 1 aliphatic heterocycles. The van der Waals surface area contributed by atoms with Crippen LogP contribution in [0.5, 0.6) is 0 Å². The van der Waals surface area contributed by atoms with Crippen LogP contribution < -0.4 is 0 Å². The van der Waals surface area contributed by atoms with Crippen LogP contribution in [0.3, 0.4) is 0 Å². The summed E-state index contributed by atoms with van der Waals surface area (Å²) in [6.45, 7) is 3.12. The van der Waals surface area contributed by atoms with Gasteiger partial charge in [0.25, 0.3) is 0 Å². The number of aromatic nitrogens is 3. The van der Waals surface area contributed by atoms with Gasteiger partial charge >= 0.3 is 0 Å². The zero-order valence-corrected chi connectivity index (χ0v) is 15.4. The zero-order chi connectivity index (χ0) is 18.3. The van der Waals surface area contributed by atoms with E-state index in [1.54, 1.807) is 0 Å². The Kier molecular flexibility index (Phi) is 4.34. The number of H-pyrrole nitrogens is 1. The molecule has 1 atom stereocenters. The number of rotatable bonds is 5. The summed E-state index contributed by atoms with van der Waals surface area (Å²) in [5.74, 6) is -0.304. The van der Waals surface area contributed by atoms with Crippen LogP contribution in [-0.4, -0.2) is 51.7 Å². The fraction of sp³-hybridized carbons (Fsp3) is 0.389. The maximum Gasteiger partial charge on any atom is 0.150 e. The summed E-state index contributed by atoms with van der Waals surface area (Å²) in [6.07, 6.45) is 1.99. The van der Waals surface area contributed by atoms with Crippen LogP contribution in [0.15, 0.2) is 36.5 Å². The Morgan fingerprint density at radius 1 is 1.31 bits per heavy atom. The van der Waals surface area contributed by atoms with E-state index in [1.807, 2.05) is 16.9 Å². The first kappa shape index (κ1) is 17.3. The third-order valence-electron chi connectivity index (χ3n) is 4.77. The molecule has 7 nitrogen and oxygen atoms in total. The quantitative estimate of drug-likeness (QED) is 0.705. The first-order chi connectivity index (χ1) is 12.4. The van der Waals surface area contributed by atoms with Gasteiger partial charge in [-0.25, -0.2) is 8.42 Å². The van der Waals surface area contributed by atoms with Gasteiger partial charge in [-0.1, -0.05) is 18.2 Å². The number of aliphatic hydroxyl groups excluding tert-OH is 1. The molecule has 0 amide bonds. The van der Waals surface area contributed by atoms with Crippen molar-refractivity contribution in [2.75, 3.05) is 18.6 Å². The zero-order valence-electron chi connectivity index (χ0n) is 14.6. The van der Waals surface area contributed by atoms with Crippen LogP contribution in [0.1, 0.15) is 23.1 Å². The number of aliphatic hydroxyl groups is 1. The monoisotopic (exact) mass is 374 g/mol. The molecule has 0 aliphatic carbocycles. The lowest BCUT2D eigenvalue weighted by Crippen LogP contribution is -2.33. The van der Waals surface area contributed by atoms with Crippen LogP contribution in [0, 0.1) is 0 Å². The number of hydrogen-bond acceptors (Lipinski definition) is 5. The average Bonchev–Trinajstić information content (AvgIpc) is 3.19. The molecule has 138 valence electrons. The van der Waals surface area contributed by atoms with E-state index in [1.165, 1.54) is 10.9 Å². The normalized spacial score (nSPS) is 16.7. The van der Waals surface area contributed by atoms with Crippen molar-refractivity contribution < 1.29 is 13.5 Å². The van der Waals surface area contributed by atoms with Crippen molar-refractivity contribution in [3.63, 3.8) is 0 Å². The third-order valence-corrected chi connectivity index (χ3v) is 5.69. The van der Waals surface area contributed by atoms with Gasteiger partial charge in [-0.15, -0.1) is 0 Å². The number of para-hydroxylation sites is 1. The third kappa shape index (κ3) is 3.53. The molecule has 0 spiro atoms. The van der Waals surface area contributed by atoms with E-state index < -0.39 is 15.9 Å². The summed E-state index contributed by atoms with van der Waals surface area (Å²) >= 11 is 0. The summed E-state index contributed by atoms with van der Waals surface area (Å²) in [5, 5.41) is 15.7. The molecule has 0 bridgehead atoms. The second-order valence-corrected chi connectivity index (χ2v) is 9.15. The predicted molar refractivity (Wildman–Crippen MR) is 99.3 cm³/mol. The second-order valence-electron chi connectivity index (χ2n) is 6.96. The number of hydrogen-bond donors (Lipinski definition) is 2. The molecule has 26 heavy (non-hydrogen) atoms. The molecule has 0 saturated carbocycles. The van der Waals surface area contributed by atoms with Crippen molar-refractivity contribution in [1.82, 2.24) is 19.7 Å². The molecule has 2 N–H and O–H groups in total. The lowest BCUT2D eigenvalue weighted by molar-refractivity contribution is 0.191. The second kappa shape index (κ2) is 6.53. The first-order valence-corrected chi connectivity index (χ1v) is 10.6. The van der Waals surface area contributed by atoms with Crippen LogP contribution in [-0.2, 0) is 29.5 Å². The van der Waals surface area contributed by atoms with E-state index in [2.05, 4.69) is 39.2 Å². The van der Waals surface area contributed by atoms with Gasteiger partial charge in [0.15, 0.2) is 0 Å². The van der Waals surface area contributed by atoms with E-state index in [4.69, 9.17) is 0 Å². The highest BCUT2D eigenvalue weighted by molar-refractivity contribution is 7.90. The van der Waals surface area contributed by atoms with Gasteiger partial charge in [0, 0.05) is 37.6 Å². The minimum Gasteiger partial charge on any atom is -0.386 e. The van der Waals surface area contributed by atoms with Crippen molar-refractivity contribution in [2.45, 2.75) is 25.7 Å². The van der Waals surface area contributed by atoms with E-state index >= 15 is 0 Å². The Morgan fingerprint density at radius 3 is 2.96 bits per heavy atom. The standard InChI is InChI=1S/C18H22N4O3S/c1-26(24,25)12-17(23)16-9-15-11-21(7-8-22(15)20-16)10-14-4-2-3-13-5-6-19-18(13)14/h2-6,9,17,19,23H,7-8,10-12H2,1H3. The van der Waals surface area contributed by atoms with Gasteiger partial charge in [0.2, 0.25) is 0 Å². The number of aromatic amines is 1. The predicted octanol–water partition coefficient (Wildman–Crippen LogP) is 1.46. The number of nitrogens with zero attached hydrogens (tertiary/aromatic N) is 3. The van der Waals surface area contributed by atoms with E-state index in [9.17, 15) is 13.5 Å². The molecule has 0 saturated heterocycles. The maximum atomic E-state index is 11.4. The summed E-state index contributed by atoms with van der Waals surface area (Å²) in [7, 11) is -3.25. The van der Waals surface area contributed by atoms with Gasteiger partial charge in [-0.3, -0.25) is 9.58 Å². The lowest BCUT2D eigenvalue weighted by atomic mass is 10.1. The summed E-state index contributed by atoms with van der Waals surface area (Å²) < 4.78 is 24.7. The van der Waals surface area contributed by atoms with Crippen molar-refractivity contribution in [2.24, 2.45) is 0 Å². The summed E-state index contributed by atoms with van der Waals surface area (Å²) in [6, 6.07) is 10.2. The van der Waals surface area contributed by atoms with Crippen LogP contribution >= 0.6 is 0 Å². The number of sulfone groups is 1. The maximum absolute atomic E-state index is 11.4. The van der Waals surface area contributed by atoms with Crippen LogP contribution in [0.25, 0.3) is 10.9 Å². The minimum atomic E-state index is -3.25. The van der Waals surface area contributed by atoms with Gasteiger partial charge < -0.3 is 10.1 Å². The fourth-order valence-electron chi connectivity index (χ4n) is 3.54. The Morgan fingerprint density at radius 2 is 2.15 bits per heavy atom. The highest BCUT2D eigenvalue weighted by Crippen LogP contribution is 2.23. The topological polar surface area (TPSA) is 91.2 Å². The van der Waals surface area contributed by atoms with Gasteiger partial charge in [-0.2, -0.15) is 5.10 Å². The molecule has 1 aromatic carbocycles. The molecular formula is C18H22N4O3S. The SMILES string of the molecule is CS(=O)(=O)CC(O)c1cc2n(n1)CCN(Cc1cccc3cc[nH]c13)C2. The largest absolute Gasteiger partial charge is 0.386 e. The lowest BCUT2D eigenvalue weighted by Gasteiger charge is -2.27. The highest BCUT2D eigenvalue weighted by atomic mass is 32.2. The first-order valence-electron chi connectivity index (χ1n) is 8.59. The van der Waals surface area contributed by atoms with Crippen molar-refractivity contribution in [1.29, 1.82) is 0 Å². The molecule has 0 fully saturated rings. The van der Waals surface area contributed by atoms with Crippen LogP contribution in [0.4, 0.5) is 0 Å². The fourth-order valence-corrected chi connectivity index (χ4v) is 4.28. The Bertz CT molecular complexity index is 1040. The smallest absolute Gasteiger partial charge is 0.150 e. The Hall–Kier alpha value is -2.16. The Balaban J connectivity index is 1.50. The Labute approximate surface area is 152 Å². The van der Waals surface area contributed by atoms with E-state index in [0.29, 0.717) is 5.69 Å². The van der Waals surface area contributed by atoms with Crippen LogP contribution in [0.2, 0.25) is 0 Å². The molecule has 0 radical (unpaired) electrons. The molecule has 3 heterocycles. The summed E-state index contributed by atoms with van der Waals surface area (Å²) in [5.41, 5.74) is 3.84. The van der Waals surface area contributed by atoms with Gasteiger partial charge in [-0.05, 0) is 23.1 Å². The molecule has 1 aliphatic rings. The highest BCUT2D eigenvalue weighted by Gasteiger charge is 2.23. The minimum absolute atomic E-state index is 0.304. The molecule has 2 aromatic heterocycles. The molecule has 4 rings (SSSR count). The van der Waals surface area contributed by atoms with Gasteiger partial charge in [0.05, 0.1) is 23.7 Å². The molecule has 3 aromatic rings. The molecule has 8 heteroatoms. The van der Waals surface area contributed by atoms with Crippen molar-refractivity contribution >= 4 is 20.7 Å². The number of nitrogens with one attached hydrogen (secondary N) is 1. The number of benzene rings is 1. The summed E-state index contributed by atoms with van der Waals surface area (Å²) in [4.78, 5) is 5.64. The van der Waals surface area contributed by atoms with E-state index in [0.717, 1.165) is 43.6 Å².